The zero-order chi connectivity index (χ0) is 11.6. The number of aromatic hydroxyl groups is 1. The third-order valence-electron chi connectivity index (χ3n) is 3.08. The van der Waals surface area contributed by atoms with Crippen LogP contribution in [0.2, 0.25) is 0 Å². The van der Waals surface area contributed by atoms with Crippen molar-refractivity contribution in [2.24, 2.45) is 0 Å². The second-order valence-electron chi connectivity index (χ2n) is 4.44. The van der Waals surface area contributed by atoms with E-state index >= 15 is 0 Å². The quantitative estimate of drug-likeness (QED) is 0.708. The van der Waals surface area contributed by atoms with Crippen molar-refractivity contribution in [3.05, 3.63) is 29.6 Å². The number of phenols is 1. The van der Waals surface area contributed by atoms with Crippen molar-refractivity contribution in [3.8, 4) is 5.75 Å². The van der Waals surface area contributed by atoms with E-state index in [1.807, 2.05) is 0 Å². The van der Waals surface area contributed by atoms with Crippen LogP contribution in [0.1, 0.15) is 18.4 Å². The van der Waals surface area contributed by atoms with Crippen LogP contribution in [0.25, 0.3) is 0 Å². The molecule has 1 saturated heterocycles. The highest BCUT2D eigenvalue weighted by molar-refractivity contribution is 5.29. The maximum Gasteiger partial charge on any atom is 0.165 e. The first-order valence-electron chi connectivity index (χ1n) is 5.50. The summed E-state index contributed by atoms with van der Waals surface area (Å²) in [5, 5.41) is 22.5. The number of halogens is 1. The van der Waals surface area contributed by atoms with Gasteiger partial charge >= 0.3 is 0 Å². The number of rotatable bonds is 2. The van der Waals surface area contributed by atoms with Gasteiger partial charge in [-0.15, -0.1) is 0 Å². The molecule has 1 aliphatic rings. The minimum atomic E-state index is -0.741. The van der Waals surface area contributed by atoms with E-state index in [1.165, 1.54) is 12.1 Å². The zero-order valence-corrected chi connectivity index (χ0v) is 9.04. The fourth-order valence-electron chi connectivity index (χ4n) is 2.11. The summed E-state index contributed by atoms with van der Waals surface area (Å²) in [6.45, 7) is 1.58. The largest absolute Gasteiger partial charge is 0.505 e. The minimum absolute atomic E-state index is 0.346. The molecule has 0 aromatic heterocycles. The predicted molar refractivity (Wildman–Crippen MR) is 58.8 cm³/mol. The molecule has 3 N–H and O–H groups in total. The highest BCUT2D eigenvalue weighted by atomic mass is 19.1. The molecule has 1 aromatic carbocycles. The summed E-state index contributed by atoms with van der Waals surface area (Å²) in [5.74, 6) is -0.976. The van der Waals surface area contributed by atoms with Crippen LogP contribution in [0.15, 0.2) is 18.2 Å². The van der Waals surface area contributed by atoms with E-state index in [-0.39, 0.29) is 5.75 Å². The van der Waals surface area contributed by atoms with E-state index < -0.39 is 11.4 Å². The molecule has 0 radical (unpaired) electrons. The van der Waals surface area contributed by atoms with Gasteiger partial charge in [-0.2, -0.15) is 0 Å². The molecule has 1 aliphatic heterocycles. The highest BCUT2D eigenvalue weighted by Crippen LogP contribution is 2.25. The topological polar surface area (TPSA) is 52.5 Å². The Balaban J connectivity index is 2.10. The average Bonchev–Trinajstić information content (AvgIpc) is 2.24. The Morgan fingerprint density at radius 1 is 1.31 bits per heavy atom. The molecule has 16 heavy (non-hydrogen) atoms. The van der Waals surface area contributed by atoms with Crippen molar-refractivity contribution >= 4 is 0 Å². The van der Waals surface area contributed by atoms with Crippen molar-refractivity contribution in [1.82, 2.24) is 5.32 Å². The lowest BCUT2D eigenvalue weighted by Gasteiger charge is -2.32. The Labute approximate surface area is 93.9 Å². The second kappa shape index (κ2) is 4.39. The molecule has 1 aromatic rings. The van der Waals surface area contributed by atoms with Gasteiger partial charge in [0.25, 0.3) is 0 Å². The van der Waals surface area contributed by atoms with Crippen molar-refractivity contribution in [2.45, 2.75) is 24.9 Å². The van der Waals surface area contributed by atoms with Crippen LogP contribution in [0.4, 0.5) is 4.39 Å². The van der Waals surface area contributed by atoms with Crippen LogP contribution >= 0.6 is 0 Å². The van der Waals surface area contributed by atoms with Gasteiger partial charge in [-0.1, -0.05) is 6.07 Å². The fourth-order valence-corrected chi connectivity index (χ4v) is 2.11. The molecular formula is C12H16FNO2. The van der Waals surface area contributed by atoms with Gasteiger partial charge in [-0.3, -0.25) is 0 Å². The Bertz CT molecular complexity index is 375. The molecule has 88 valence electrons. The number of hydrogen-bond acceptors (Lipinski definition) is 3. The Kier molecular flexibility index (Phi) is 3.12. The number of aliphatic hydroxyl groups is 1. The summed E-state index contributed by atoms with van der Waals surface area (Å²) in [6.07, 6.45) is 1.79. The van der Waals surface area contributed by atoms with Crippen LogP contribution in [0, 0.1) is 5.82 Å². The minimum Gasteiger partial charge on any atom is -0.505 e. The number of nitrogens with one attached hydrogen (secondary N) is 1. The smallest absolute Gasteiger partial charge is 0.165 e. The predicted octanol–water partition coefficient (Wildman–Crippen LogP) is 1.19. The van der Waals surface area contributed by atoms with E-state index in [0.717, 1.165) is 18.7 Å². The summed E-state index contributed by atoms with van der Waals surface area (Å²) >= 11 is 0. The van der Waals surface area contributed by atoms with E-state index in [2.05, 4.69) is 5.32 Å². The first-order valence-corrected chi connectivity index (χ1v) is 5.50. The van der Waals surface area contributed by atoms with Gasteiger partial charge < -0.3 is 15.5 Å². The molecule has 4 heteroatoms. The van der Waals surface area contributed by atoms with Crippen LogP contribution in [-0.2, 0) is 6.42 Å². The average molecular weight is 225 g/mol. The SMILES string of the molecule is Oc1ccc(CC2(O)CCNCC2)cc1F. The molecule has 0 saturated carbocycles. The number of benzene rings is 1. The van der Waals surface area contributed by atoms with Gasteiger partial charge in [0.05, 0.1) is 5.60 Å². The number of piperidine rings is 1. The van der Waals surface area contributed by atoms with E-state index in [9.17, 15) is 9.50 Å². The summed E-state index contributed by atoms with van der Waals surface area (Å²) in [5.41, 5.74) is -0.0195. The van der Waals surface area contributed by atoms with Gasteiger partial charge in [0.2, 0.25) is 0 Å². The van der Waals surface area contributed by atoms with Crippen LogP contribution in [-0.4, -0.2) is 28.9 Å². The monoisotopic (exact) mass is 225 g/mol. The molecule has 0 amide bonds. The van der Waals surface area contributed by atoms with Gasteiger partial charge in [0, 0.05) is 6.42 Å². The van der Waals surface area contributed by atoms with Crippen molar-refractivity contribution in [2.75, 3.05) is 13.1 Å². The maximum atomic E-state index is 13.1. The lowest BCUT2D eigenvalue weighted by molar-refractivity contribution is 0.0108. The second-order valence-corrected chi connectivity index (χ2v) is 4.44. The van der Waals surface area contributed by atoms with E-state index in [4.69, 9.17) is 5.11 Å². The van der Waals surface area contributed by atoms with Gasteiger partial charge in [-0.25, -0.2) is 4.39 Å². The summed E-state index contributed by atoms with van der Waals surface area (Å²) < 4.78 is 13.1. The van der Waals surface area contributed by atoms with Gasteiger partial charge in [0.1, 0.15) is 0 Å². The normalized spacial score (nSPS) is 19.6. The Morgan fingerprint density at radius 3 is 2.62 bits per heavy atom. The molecule has 1 heterocycles. The molecule has 0 unspecified atom stereocenters. The molecule has 3 nitrogen and oxygen atoms in total. The standard InChI is InChI=1S/C12H16FNO2/c13-10-7-9(1-2-11(10)15)8-12(16)3-5-14-6-4-12/h1-2,7,14-16H,3-6,8H2. The maximum absolute atomic E-state index is 13.1. The Hall–Kier alpha value is -1.13. The van der Waals surface area contributed by atoms with E-state index in [1.54, 1.807) is 6.07 Å². The molecule has 1 fully saturated rings. The van der Waals surface area contributed by atoms with Crippen molar-refractivity contribution < 1.29 is 14.6 Å². The summed E-state index contributed by atoms with van der Waals surface area (Å²) in [4.78, 5) is 0. The van der Waals surface area contributed by atoms with Crippen LogP contribution < -0.4 is 5.32 Å². The number of phenolic OH excluding ortho intramolecular Hbond substituents is 1. The third kappa shape index (κ3) is 2.51. The zero-order valence-electron chi connectivity index (χ0n) is 9.04. The molecule has 0 atom stereocenters. The van der Waals surface area contributed by atoms with Gasteiger partial charge in [-0.05, 0) is 43.6 Å². The lowest BCUT2D eigenvalue weighted by atomic mass is 9.86. The molecule has 2 rings (SSSR count). The van der Waals surface area contributed by atoms with Crippen LogP contribution in [0.3, 0.4) is 0 Å². The fraction of sp³-hybridized carbons (Fsp3) is 0.500. The van der Waals surface area contributed by atoms with Crippen molar-refractivity contribution in [1.29, 1.82) is 0 Å². The molecule has 0 aliphatic carbocycles. The number of hydrogen-bond donors (Lipinski definition) is 3. The summed E-state index contributed by atoms with van der Waals surface area (Å²) in [6, 6.07) is 4.27. The Morgan fingerprint density at radius 2 is 2.00 bits per heavy atom. The third-order valence-corrected chi connectivity index (χ3v) is 3.08. The molecular weight excluding hydrogens is 209 g/mol. The van der Waals surface area contributed by atoms with Crippen LogP contribution in [0.5, 0.6) is 5.75 Å². The highest BCUT2D eigenvalue weighted by Gasteiger charge is 2.29. The van der Waals surface area contributed by atoms with E-state index in [0.29, 0.717) is 19.3 Å². The summed E-state index contributed by atoms with van der Waals surface area (Å²) in [7, 11) is 0. The van der Waals surface area contributed by atoms with Gasteiger partial charge in [0.15, 0.2) is 11.6 Å². The molecule has 0 bridgehead atoms. The first-order chi connectivity index (χ1) is 7.59. The van der Waals surface area contributed by atoms with Crippen molar-refractivity contribution in [3.63, 3.8) is 0 Å². The first kappa shape index (κ1) is 11.4. The molecule has 0 spiro atoms. The lowest BCUT2D eigenvalue weighted by Crippen LogP contribution is -2.43.